The van der Waals surface area contributed by atoms with Gasteiger partial charge in [-0.3, -0.25) is 0 Å². The second-order valence-electron chi connectivity index (χ2n) is 4.19. The average Bonchev–Trinajstić information content (AvgIpc) is 2.16. The molecule has 0 bridgehead atoms. The lowest BCUT2D eigenvalue weighted by atomic mass is 9.93. The van der Waals surface area contributed by atoms with Crippen LogP contribution in [0.3, 0.4) is 0 Å². The van der Waals surface area contributed by atoms with Crippen molar-refractivity contribution in [1.82, 2.24) is 6.15 Å². The maximum atomic E-state index is 11.2. The van der Waals surface area contributed by atoms with Crippen molar-refractivity contribution in [3.8, 4) is 0 Å². The molecule has 0 heterocycles. The zero-order valence-corrected chi connectivity index (χ0v) is 11.5. The summed E-state index contributed by atoms with van der Waals surface area (Å²) in [6, 6.07) is 5.23. The van der Waals surface area contributed by atoms with E-state index < -0.39 is 14.9 Å². The van der Waals surface area contributed by atoms with Crippen LogP contribution in [0.15, 0.2) is 24.8 Å². The van der Waals surface area contributed by atoms with E-state index >= 15 is 0 Å². The molecular weight excluding hydrogens is 238 g/mol. The summed E-state index contributed by atoms with van der Waals surface area (Å²) in [7, 11) is -4.39. The number of hydrogen-bond acceptors (Lipinski definition) is 3. The van der Waals surface area contributed by atoms with Crippen molar-refractivity contribution in [2.24, 2.45) is 0 Å². The summed E-state index contributed by atoms with van der Waals surface area (Å²) in [6.45, 7) is 8.28. The van der Waals surface area contributed by atoms with Crippen molar-refractivity contribution in [1.29, 1.82) is 0 Å². The smallest absolute Gasteiger partial charge is 0.104 e. The van der Waals surface area contributed by atoms with Crippen LogP contribution in [0.4, 0.5) is 0 Å². The molecule has 0 aromatic heterocycles. The molecule has 96 valence electrons. The molecule has 0 saturated heterocycles. The van der Waals surface area contributed by atoms with E-state index in [1.54, 1.807) is 25.1 Å². The first-order valence-electron chi connectivity index (χ1n) is 4.90. The van der Waals surface area contributed by atoms with Crippen LogP contribution >= 0.6 is 0 Å². The summed E-state index contributed by atoms with van der Waals surface area (Å²) in [5.41, 5.74) is 2.15. The standard InChI is InChI=1S/C12H16O3S.H3N/c1-5-10-7-6-8-11(9(10)2)12(3,4)16(13,14)15;/h5-8H,1H2,2-4H3,(H,13,14,15);1H3. The highest BCUT2D eigenvalue weighted by molar-refractivity contribution is 7.86. The Balaban J connectivity index is 0.00000256. The highest BCUT2D eigenvalue weighted by Gasteiger charge is 2.30. The molecule has 0 fully saturated rings. The molecular formula is C12H19NO3S. The molecule has 0 saturated carbocycles. The fourth-order valence-electron chi connectivity index (χ4n) is 1.66. The largest absolute Gasteiger partial charge is 0.747 e. The molecule has 5 heteroatoms. The minimum atomic E-state index is -4.39. The Morgan fingerprint density at radius 1 is 1.35 bits per heavy atom. The highest BCUT2D eigenvalue weighted by Crippen LogP contribution is 2.32. The third-order valence-corrected chi connectivity index (χ3v) is 4.34. The molecule has 1 aromatic rings. The third-order valence-electron chi connectivity index (χ3n) is 2.87. The number of benzene rings is 1. The zero-order valence-electron chi connectivity index (χ0n) is 10.6. The van der Waals surface area contributed by atoms with Crippen molar-refractivity contribution in [2.45, 2.75) is 25.5 Å². The summed E-state index contributed by atoms with van der Waals surface area (Å²) in [4.78, 5) is 0. The summed E-state index contributed by atoms with van der Waals surface area (Å²) in [5, 5.41) is 0. The van der Waals surface area contributed by atoms with Crippen molar-refractivity contribution < 1.29 is 13.0 Å². The minimum Gasteiger partial charge on any atom is -0.747 e. The van der Waals surface area contributed by atoms with Gasteiger partial charge >= 0.3 is 0 Å². The second kappa shape index (κ2) is 5.00. The fraction of sp³-hybridized carbons (Fsp3) is 0.333. The third kappa shape index (κ3) is 2.74. The Labute approximate surface area is 103 Å². The SMILES string of the molecule is C=Cc1cccc(C(C)(C)S(=O)(=O)[O-])c1C.[NH4+]. The number of hydrogen-bond donors (Lipinski definition) is 1. The molecule has 0 atom stereocenters. The Hall–Kier alpha value is -1.17. The van der Waals surface area contributed by atoms with Gasteiger partial charge < -0.3 is 10.7 Å². The highest BCUT2D eigenvalue weighted by atomic mass is 32.2. The fourth-order valence-corrected chi connectivity index (χ4v) is 2.15. The summed E-state index contributed by atoms with van der Waals surface area (Å²) in [6.07, 6.45) is 1.65. The van der Waals surface area contributed by atoms with Crippen molar-refractivity contribution in [2.75, 3.05) is 0 Å². The van der Waals surface area contributed by atoms with Crippen LogP contribution in [0.25, 0.3) is 6.08 Å². The molecule has 0 unspecified atom stereocenters. The Morgan fingerprint density at radius 3 is 2.29 bits per heavy atom. The molecule has 0 aliphatic rings. The molecule has 1 aromatic carbocycles. The molecule has 4 nitrogen and oxygen atoms in total. The number of rotatable bonds is 3. The normalized spacial score (nSPS) is 11.8. The van der Waals surface area contributed by atoms with Crippen LogP contribution in [0, 0.1) is 6.92 Å². The first-order valence-corrected chi connectivity index (χ1v) is 6.30. The van der Waals surface area contributed by atoms with Gasteiger partial charge in [-0.2, -0.15) is 0 Å². The van der Waals surface area contributed by atoms with Crippen molar-refractivity contribution >= 4 is 16.2 Å². The van der Waals surface area contributed by atoms with E-state index in [0.29, 0.717) is 5.56 Å². The topological polar surface area (TPSA) is 93.7 Å². The van der Waals surface area contributed by atoms with Gasteiger partial charge in [0.2, 0.25) is 0 Å². The molecule has 4 N–H and O–H groups in total. The van der Waals surface area contributed by atoms with Gasteiger partial charge in [-0.1, -0.05) is 30.9 Å². The van der Waals surface area contributed by atoms with E-state index in [1.165, 1.54) is 13.8 Å². The predicted octanol–water partition coefficient (Wildman–Crippen LogP) is 2.79. The quantitative estimate of drug-likeness (QED) is 0.843. The lowest BCUT2D eigenvalue weighted by Gasteiger charge is -2.30. The molecule has 17 heavy (non-hydrogen) atoms. The van der Waals surface area contributed by atoms with Gasteiger partial charge in [-0.25, -0.2) is 8.42 Å². The van der Waals surface area contributed by atoms with Crippen LogP contribution in [-0.2, 0) is 14.9 Å². The van der Waals surface area contributed by atoms with Crippen molar-refractivity contribution in [3.63, 3.8) is 0 Å². The lowest BCUT2D eigenvalue weighted by Crippen LogP contribution is -2.29. The summed E-state index contributed by atoms with van der Waals surface area (Å²) >= 11 is 0. The Kier molecular flexibility index (Phi) is 4.65. The molecule has 0 amide bonds. The van der Waals surface area contributed by atoms with Gasteiger partial charge in [-0.05, 0) is 37.5 Å². The molecule has 0 spiro atoms. The van der Waals surface area contributed by atoms with E-state index in [9.17, 15) is 13.0 Å². The first kappa shape index (κ1) is 15.8. The minimum absolute atomic E-state index is 0. The maximum Gasteiger partial charge on any atom is 0.104 e. The Bertz CT molecular complexity index is 519. The maximum absolute atomic E-state index is 11.2. The van der Waals surface area contributed by atoms with Crippen LogP contribution in [0.2, 0.25) is 0 Å². The van der Waals surface area contributed by atoms with Gasteiger partial charge in [-0.15, -0.1) is 0 Å². The Morgan fingerprint density at radius 2 is 1.88 bits per heavy atom. The molecule has 0 radical (unpaired) electrons. The second-order valence-corrected chi connectivity index (χ2v) is 6.12. The summed E-state index contributed by atoms with van der Waals surface area (Å²) in [5.74, 6) is 0. The monoisotopic (exact) mass is 257 g/mol. The zero-order chi connectivity index (χ0) is 12.6. The predicted molar refractivity (Wildman–Crippen MR) is 70.0 cm³/mol. The van der Waals surface area contributed by atoms with E-state index in [2.05, 4.69) is 6.58 Å². The average molecular weight is 257 g/mol. The van der Waals surface area contributed by atoms with Crippen LogP contribution in [0.5, 0.6) is 0 Å². The van der Waals surface area contributed by atoms with Crippen LogP contribution < -0.4 is 6.15 Å². The molecule has 1 rings (SSSR count). The van der Waals surface area contributed by atoms with E-state index in [-0.39, 0.29) is 6.15 Å². The number of quaternary nitrogens is 1. The molecule has 0 aliphatic carbocycles. The molecule has 0 aliphatic heterocycles. The van der Waals surface area contributed by atoms with Gasteiger partial charge in [0.25, 0.3) is 0 Å². The van der Waals surface area contributed by atoms with E-state index in [1.807, 2.05) is 6.07 Å². The van der Waals surface area contributed by atoms with Crippen LogP contribution in [-0.4, -0.2) is 13.0 Å². The van der Waals surface area contributed by atoms with Crippen molar-refractivity contribution in [3.05, 3.63) is 41.5 Å². The van der Waals surface area contributed by atoms with Gasteiger partial charge in [0.15, 0.2) is 0 Å². The van der Waals surface area contributed by atoms with Crippen LogP contribution in [0.1, 0.15) is 30.5 Å². The van der Waals surface area contributed by atoms with E-state index in [4.69, 9.17) is 0 Å². The summed E-state index contributed by atoms with van der Waals surface area (Å²) < 4.78 is 32.3. The van der Waals surface area contributed by atoms with Gasteiger partial charge in [0.1, 0.15) is 10.1 Å². The lowest BCUT2D eigenvalue weighted by molar-refractivity contribution is 0.427. The van der Waals surface area contributed by atoms with Gasteiger partial charge in [0.05, 0.1) is 4.75 Å². The van der Waals surface area contributed by atoms with E-state index in [0.717, 1.165) is 11.1 Å². The van der Waals surface area contributed by atoms with Gasteiger partial charge in [0, 0.05) is 0 Å². The first-order chi connectivity index (χ1) is 7.21.